The first kappa shape index (κ1) is 16.8. The number of anilines is 1. The van der Waals surface area contributed by atoms with Crippen molar-refractivity contribution in [3.63, 3.8) is 0 Å². The van der Waals surface area contributed by atoms with E-state index < -0.39 is 0 Å². The van der Waals surface area contributed by atoms with Crippen molar-refractivity contribution in [2.75, 3.05) is 38.1 Å². The maximum Gasteiger partial charge on any atom is 0.225 e. The molecule has 0 aromatic carbocycles. The summed E-state index contributed by atoms with van der Waals surface area (Å²) in [6, 6.07) is 2.48. The molecule has 0 spiro atoms. The highest BCUT2D eigenvalue weighted by atomic mass is 16.2. The van der Waals surface area contributed by atoms with Crippen LogP contribution in [0.15, 0.2) is 12.3 Å². The molecule has 1 aromatic heterocycles. The Balaban J connectivity index is 1.40. The van der Waals surface area contributed by atoms with Crippen LogP contribution in [-0.2, 0) is 11.3 Å². The molecule has 2 atom stereocenters. The number of hydrogen-bond acceptors (Lipinski definition) is 5. The van der Waals surface area contributed by atoms with Gasteiger partial charge < -0.3 is 9.80 Å². The summed E-state index contributed by atoms with van der Waals surface area (Å²) in [7, 11) is 1.99. The first-order valence-corrected chi connectivity index (χ1v) is 9.75. The highest BCUT2D eigenvalue weighted by molar-refractivity contribution is 5.76. The van der Waals surface area contributed by atoms with Crippen molar-refractivity contribution in [2.45, 2.75) is 51.1 Å². The lowest BCUT2D eigenvalue weighted by molar-refractivity contribution is -0.132. The lowest BCUT2D eigenvalue weighted by atomic mass is 9.88. The third-order valence-electron chi connectivity index (χ3n) is 6.11. The van der Waals surface area contributed by atoms with Gasteiger partial charge in [0.15, 0.2) is 0 Å². The average molecular weight is 343 g/mol. The average Bonchev–Trinajstić information content (AvgIpc) is 3.12. The monoisotopic (exact) mass is 343 g/mol. The Morgan fingerprint density at radius 1 is 1.16 bits per heavy atom. The molecule has 4 rings (SSSR count). The summed E-state index contributed by atoms with van der Waals surface area (Å²) in [5.41, 5.74) is 1.12. The van der Waals surface area contributed by atoms with Crippen molar-refractivity contribution in [2.24, 2.45) is 5.92 Å². The van der Waals surface area contributed by atoms with E-state index in [0.29, 0.717) is 24.3 Å². The molecule has 3 fully saturated rings. The molecule has 0 unspecified atom stereocenters. The summed E-state index contributed by atoms with van der Waals surface area (Å²) >= 11 is 0. The number of aromatic nitrogens is 2. The Kier molecular flexibility index (Phi) is 4.88. The van der Waals surface area contributed by atoms with Crippen LogP contribution < -0.4 is 4.90 Å². The van der Waals surface area contributed by atoms with Gasteiger partial charge in [-0.05, 0) is 44.1 Å². The van der Waals surface area contributed by atoms with Gasteiger partial charge in [0.2, 0.25) is 11.9 Å². The summed E-state index contributed by atoms with van der Waals surface area (Å²) in [5, 5.41) is 0. The van der Waals surface area contributed by atoms with Gasteiger partial charge in [0.25, 0.3) is 0 Å². The Morgan fingerprint density at radius 2 is 2.00 bits per heavy atom. The number of amides is 1. The van der Waals surface area contributed by atoms with Crippen molar-refractivity contribution >= 4 is 11.9 Å². The molecule has 4 heterocycles. The molecule has 3 aliphatic rings. The second kappa shape index (κ2) is 7.28. The summed E-state index contributed by atoms with van der Waals surface area (Å²) in [6.07, 6.45) is 8.39. The first-order valence-electron chi connectivity index (χ1n) is 9.75. The minimum atomic E-state index is 0.326. The lowest BCUT2D eigenvalue weighted by Crippen LogP contribution is -2.50. The van der Waals surface area contributed by atoms with Crippen LogP contribution in [0.5, 0.6) is 0 Å². The highest BCUT2D eigenvalue weighted by Gasteiger charge is 2.35. The first-order chi connectivity index (χ1) is 12.2. The normalized spacial score (nSPS) is 28.1. The second-order valence-corrected chi connectivity index (χ2v) is 7.79. The molecule has 3 saturated heterocycles. The summed E-state index contributed by atoms with van der Waals surface area (Å²) < 4.78 is 0. The number of carbonyl (C=O) groups is 1. The van der Waals surface area contributed by atoms with E-state index in [0.717, 1.165) is 57.2 Å². The minimum Gasteiger partial charge on any atom is -0.342 e. The SMILES string of the molecule is CN1C(=O)CCC[C@@H]2CN(Cc3ccnc(N4CCCC4)n3)CC[C@H]21. The Labute approximate surface area is 150 Å². The predicted octanol–water partition coefficient (Wildman–Crippen LogP) is 1.91. The fourth-order valence-corrected chi connectivity index (χ4v) is 4.68. The maximum atomic E-state index is 12.1. The molecule has 0 radical (unpaired) electrons. The Bertz CT molecular complexity index is 616. The second-order valence-electron chi connectivity index (χ2n) is 7.79. The molecule has 3 aliphatic heterocycles. The van der Waals surface area contributed by atoms with Crippen molar-refractivity contribution in [1.29, 1.82) is 0 Å². The molecule has 136 valence electrons. The van der Waals surface area contributed by atoms with Gasteiger partial charge in [-0.2, -0.15) is 0 Å². The van der Waals surface area contributed by atoms with E-state index in [2.05, 4.69) is 20.9 Å². The number of carbonyl (C=O) groups excluding carboxylic acids is 1. The molecule has 0 bridgehead atoms. The standard InChI is InChI=1S/C19H29N5O/c1-22-17-8-12-23(13-15(17)5-4-6-18(22)25)14-16-7-9-20-19(21-16)24-10-2-3-11-24/h7,9,15,17H,2-6,8,10-14H2,1H3/t15-,17-/m1/s1. The van der Waals surface area contributed by atoms with Gasteiger partial charge in [0.1, 0.15) is 0 Å². The summed E-state index contributed by atoms with van der Waals surface area (Å²) in [6.45, 7) is 5.17. The van der Waals surface area contributed by atoms with Crippen LogP contribution in [0.1, 0.15) is 44.2 Å². The van der Waals surface area contributed by atoms with Crippen molar-refractivity contribution in [1.82, 2.24) is 19.8 Å². The molecule has 1 aromatic rings. The smallest absolute Gasteiger partial charge is 0.225 e. The van der Waals surface area contributed by atoms with Crippen LogP contribution in [0.25, 0.3) is 0 Å². The van der Waals surface area contributed by atoms with E-state index in [9.17, 15) is 4.79 Å². The van der Waals surface area contributed by atoms with Gasteiger partial charge in [-0.15, -0.1) is 0 Å². The predicted molar refractivity (Wildman–Crippen MR) is 97.3 cm³/mol. The molecule has 6 nitrogen and oxygen atoms in total. The number of hydrogen-bond donors (Lipinski definition) is 0. The van der Waals surface area contributed by atoms with E-state index in [1.807, 2.05) is 18.1 Å². The van der Waals surface area contributed by atoms with Crippen LogP contribution in [-0.4, -0.2) is 64.9 Å². The molecule has 25 heavy (non-hydrogen) atoms. The largest absolute Gasteiger partial charge is 0.342 e. The molecule has 6 heteroatoms. The van der Waals surface area contributed by atoms with Crippen LogP contribution >= 0.6 is 0 Å². The van der Waals surface area contributed by atoms with Gasteiger partial charge in [0.05, 0.1) is 5.69 Å². The van der Waals surface area contributed by atoms with Gasteiger partial charge >= 0.3 is 0 Å². The molecular formula is C19H29N5O. The zero-order chi connectivity index (χ0) is 17.2. The third-order valence-corrected chi connectivity index (χ3v) is 6.11. The molecular weight excluding hydrogens is 314 g/mol. The quantitative estimate of drug-likeness (QED) is 0.839. The topological polar surface area (TPSA) is 52.6 Å². The summed E-state index contributed by atoms with van der Waals surface area (Å²) in [5.74, 6) is 1.82. The van der Waals surface area contributed by atoms with Crippen LogP contribution in [0.4, 0.5) is 5.95 Å². The zero-order valence-corrected chi connectivity index (χ0v) is 15.2. The molecule has 0 aliphatic carbocycles. The van der Waals surface area contributed by atoms with Crippen LogP contribution in [0, 0.1) is 5.92 Å². The van der Waals surface area contributed by atoms with Gasteiger partial charge in [-0.25, -0.2) is 9.97 Å². The third kappa shape index (κ3) is 3.64. The van der Waals surface area contributed by atoms with E-state index in [4.69, 9.17) is 4.98 Å². The number of nitrogens with zero attached hydrogens (tertiary/aromatic N) is 5. The Morgan fingerprint density at radius 3 is 2.84 bits per heavy atom. The van der Waals surface area contributed by atoms with E-state index in [-0.39, 0.29) is 0 Å². The number of likely N-dealkylation sites (tertiary alicyclic amines) is 2. The molecule has 0 saturated carbocycles. The van der Waals surface area contributed by atoms with Gasteiger partial charge in [-0.1, -0.05) is 0 Å². The van der Waals surface area contributed by atoms with Crippen LogP contribution in [0.3, 0.4) is 0 Å². The van der Waals surface area contributed by atoms with Crippen molar-refractivity contribution in [3.05, 3.63) is 18.0 Å². The fourth-order valence-electron chi connectivity index (χ4n) is 4.68. The zero-order valence-electron chi connectivity index (χ0n) is 15.2. The van der Waals surface area contributed by atoms with E-state index in [1.165, 1.54) is 19.3 Å². The fraction of sp³-hybridized carbons (Fsp3) is 0.737. The minimum absolute atomic E-state index is 0.326. The van der Waals surface area contributed by atoms with E-state index in [1.54, 1.807) is 0 Å². The summed E-state index contributed by atoms with van der Waals surface area (Å²) in [4.78, 5) is 28.2. The lowest BCUT2D eigenvalue weighted by Gasteiger charge is -2.41. The molecule has 0 N–H and O–H groups in total. The number of piperidine rings is 1. The maximum absolute atomic E-state index is 12.1. The van der Waals surface area contributed by atoms with E-state index >= 15 is 0 Å². The van der Waals surface area contributed by atoms with Crippen LogP contribution in [0.2, 0.25) is 0 Å². The van der Waals surface area contributed by atoms with Crippen molar-refractivity contribution < 1.29 is 4.79 Å². The number of fused-ring (bicyclic) bond motifs is 1. The molecule has 1 amide bonds. The van der Waals surface area contributed by atoms with Gasteiger partial charge in [0, 0.05) is 58.4 Å². The Hall–Kier alpha value is -1.69. The van der Waals surface area contributed by atoms with Gasteiger partial charge in [-0.3, -0.25) is 9.69 Å². The van der Waals surface area contributed by atoms with Crippen molar-refractivity contribution in [3.8, 4) is 0 Å². The number of rotatable bonds is 3. The highest BCUT2D eigenvalue weighted by Crippen LogP contribution is 2.30.